The summed E-state index contributed by atoms with van der Waals surface area (Å²) < 4.78 is 23.9. The SMILES string of the molecule is CCC1C(=O)N(S(C)(=O)=O)c2sccc21. The molecule has 1 aromatic heterocycles. The Labute approximate surface area is 92.6 Å². The lowest BCUT2D eigenvalue weighted by atomic mass is 10.0. The largest absolute Gasteiger partial charge is 0.273 e. The Bertz CT molecular complexity index is 503. The molecular weight excluding hydrogens is 234 g/mol. The summed E-state index contributed by atoms with van der Waals surface area (Å²) in [5, 5.41) is 2.38. The van der Waals surface area contributed by atoms with Crippen molar-refractivity contribution >= 4 is 32.3 Å². The van der Waals surface area contributed by atoms with Crippen molar-refractivity contribution in [3.63, 3.8) is 0 Å². The molecule has 1 aliphatic rings. The standard InChI is InChI=1S/C9H11NO3S2/c1-3-6-7-4-5-14-9(7)10(8(6)11)15(2,12)13/h4-6H,3H2,1-2H3. The van der Waals surface area contributed by atoms with Crippen molar-refractivity contribution in [1.82, 2.24) is 0 Å². The summed E-state index contributed by atoms with van der Waals surface area (Å²) in [6, 6.07) is 1.83. The molecule has 4 nitrogen and oxygen atoms in total. The number of amides is 1. The van der Waals surface area contributed by atoms with Gasteiger partial charge in [-0.3, -0.25) is 4.79 Å². The number of carbonyl (C=O) groups excluding carboxylic acids is 1. The van der Waals surface area contributed by atoms with Gasteiger partial charge in [-0.05, 0) is 17.9 Å². The first-order valence-electron chi connectivity index (χ1n) is 4.58. The first kappa shape index (κ1) is 10.6. The zero-order chi connectivity index (χ0) is 11.2. The fourth-order valence-corrected chi connectivity index (χ4v) is 4.10. The van der Waals surface area contributed by atoms with E-state index in [0.717, 1.165) is 16.1 Å². The van der Waals surface area contributed by atoms with Gasteiger partial charge >= 0.3 is 0 Å². The van der Waals surface area contributed by atoms with Gasteiger partial charge in [0.1, 0.15) is 5.00 Å². The summed E-state index contributed by atoms with van der Waals surface area (Å²) >= 11 is 1.30. The fraction of sp³-hybridized carbons (Fsp3) is 0.444. The molecule has 0 bridgehead atoms. The molecule has 0 saturated carbocycles. The minimum Gasteiger partial charge on any atom is -0.273 e. The topological polar surface area (TPSA) is 54.5 Å². The Kier molecular flexibility index (Phi) is 2.35. The van der Waals surface area contributed by atoms with Crippen molar-refractivity contribution in [2.24, 2.45) is 0 Å². The van der Waals surface area contributed by atoms with Crippen LogP contribution in [0.15, 0.2) is 11.4 Å². The van der Waals surface area contributed by atoms with Gasteiger partial charge in [0.05, 0.1) is 12.2 Å². The van der Waals surface area contributed by atoms with E-state index < -0.39 is 10.0 Å². The molecule has 0 spiro atoms. The Balaban J connectivity index is 2.59. The summed E-state index contributed by atoms with van der Waals surface area (Å²) in [7, 11) is -3.48. The second kappa shape index (κ2) is 3.31. The lowest BCUT2D eigenvalue weighted by molar-refractivity contribution is -0.118. The van der Waals surface area contributed by atoms with Crippen LogP contribution in [0.4, 0.5) is 5.00 Å². The molecule has 1 unspecified atom stereocenters. The zero-order valence-electron chi connectivity index (χ0n) is 8.43. The van der Waals surface area contributed by atoms with Crippen LogP contribution in [0.25, 0.3) is 0 Å². The number of rotatable bonds is 2. The predicted molar refractivity (Wildman–Crippen MR) is 59.7 cm³/mol. The number of hydrogen-bond donors (Lipinski definition) is 0. The van der Waals surface area contributed by atoms with Crippen LogP contribution < -0.4 is 4.31 Å². The van der Waals surface area contributed by atoms with Gasteiger partial charge in [-0.25, -0.2) is 8.42 Å². The number of hydrogen-bond acceptors (Lipinski definition) is 4. The van der Waals surface area contributed by atoms with E-state index in [0.29, 0.717) is 11.4 Å². The van der Waals surface area contributed by atoms with Gasteiger partial charge in [0.15, 0.2) is 0 Å². The van der Waals surface area contributed by atoms with E-state index >= 15 is 0 Å². The second-order valence-corrected chi connectivity index (χ2v) is 6.23. The molecule has 0 radical (unpaired) electrons. The van der Waals surface area contributed by atoms with Crippen LogP contribution in [0, 0.1) is 0 Å². The third kappa shape index (κ3) is 1.48. The number of thiophene rings is 1. The molecule has 1 atom stereocenters. The lowest BCUT2D eigenvalue weighted by Gasteiger charge is -2.13. The Morgan fingerprint density at radius 3 is 2.73 bits per heavy atom. The van der Waals surface area contributed by atoms with E-state index in [1.54, 1.807) is 0 Å². The maximum Gasteiger partial charge on any atom is 0.249 e. The van der Waals surface area contributed by atoms with Gasteiger partial charge in [0.2, 0.25) is 15.9 Å². The molecule has 1 aromatic rings. The molecular formula is C9H11NO3S2. The number of anilines is 1. The van der Waals surface area contributed by atoms with Crippen LogP contribution in [0.5, 0.6) is 0 Å². The quantitative estimate of drug-likeness (QED) is 0.794. The molecule has 6 heteroatoms. The van der Waals surface area contributed by atoms with Crippen LogP contribution in [0.1, 0.15) is 24.8 Å². The first-order chi connectivity index (χ1) is 6.96. The van der Waals surface area contributed by atoms with Crippen molar-refractivity contribution in [3.05, 3.63) is 17.0 Å². The van der Waals surface area contributed by atoms with Crippen molar-refractivity contribution in [2.75, 3.05) is 10.6 Å². The lowest BCUT2D eigenvalue weighted by Crippen LogP contribution is -2.33. The smallest absolute Gasteiger partial charge is 0.249 e. The molecule has 0 saturated heterocycles. The minimum atomic E-state index is -3.48. The summed E-state index contributed by atoms with van der Waals surface area (Å²) in [6.45, 7) is 1.88. The average Bonchev–Trinajstić information content (AvgIpc) is 2.60. The summed E-state index contributed by atoms with van der Waals surface area (Å²) in [6.07, 6.45) is 1.70. The highest BCUT2D eigenvalue weighted by molar-refractivity contribution is 7.93. The van der Waals surface area contributed by atoms with Crippen molar-refractivity contribution in [2.45, 2.75) is 19.3 Å². The van der Waals surface area contributed by atoms with Crippen molar-refractivity contribution < 1.29 is 13.2 Å². The maximum atomic E-state index is 11.9. The Hall–Kier alpha value is -0.880. The van der Waals surface area contributed by atoms with E-state index in [1.807, 2.05) is 18.4 Å². The molecule has 0 fully saturated rings. The van der Waals surface area contributed by atoms with Crippen LogP contribution in [0.2, 0.25) is 0 Å². The fourth-order valence-electron chi connectivity index (χ4n) is 1.82. The molecule has 0 aliphatic carbocycles. The Morgan fingerprint density at radius 2 is 2.20 bits per heavy atom. The van der Waals surface area contributed by atoms with Crippen molar-refractivity contribution in [1.29, 1.82) is 0 Å². The van der Waals surface area contributed by atoms with E-state index in [-0.39, 0.29) is 11.8 Å². The number of fused-ring (bicyclic) bond motifs is 1. The molecule has 2 rings (SSSR count). The van der Waals surface area contributed by atoms with E-state index in [2.05, 4.69) is 0 Å². The highest BCUT2D eigenvalue weighted by Crippen LogP contribution is 2.43. The van der Waals surface area contributed by atoms with Gasteiger partial charge < -0.3 is 0 Å². The van der Waals surface area contributed by atoms with Gasteiger partial charge in [0, 0.05) is 5.56 Å². The molecule has 0 N–H and O–H groups in total. The number of sulfonamides is 1. The van der Waals surface area contributed by atoms with E-state index in [9.17, 15) is 13.2 Å². The minimum absolute atomic E-state index is 0.291. The third-order valence-corrected chi connectivity index (χ3v) is 4.53. The number of nitrogens with zero attached hydrogens (tertiary/aromatic N) is 1. The summed E-state index contributed by atoms with van der Waals surface area (Å²) in [5.74, 6) is -0.608. The highest BCUT2D eigenvalue weighted by atomic mass is 32.2. The summed E-state index contributed by atoms with van der Waals surface area (Å²) in [5.41, 5.74) is 0.845. The maximum absolute atomic E-state index is 11.9. The van der Waals surface area contributed by atoms with Crippen LogP contribution in [0.3, 0.4) is 0 Å². The normalized spacial score (nSPS) is 20.8. The molecule has 1 aliphatic heterocycles. The molecule has 15 heavy (non-hydrogen) atoms. The highest BCUT2D eigenvalue weighted by Gasteiger charge is 2.41. The molecule has 82 valence electrons. The zero-order valence-corrected chi connectivity index (χ0v) is 10.1. The predicted octanol–water partition coefficient (Wildman–Crippen LogP) is 1.55. The van der Waals surface area contributed by atoms with E-state index in [1.165, 1.54) is 11.3 Å². The average molecular weight is 245 g/mol. The van der Waals surface area contributed by atoms with Gasteiger partial charge in [0.25, 0.3) is 0 Å². The molecule has 1 amide bonds. The van der Waals surface area contributed by atoms with Gasteiger partial charge in [-0.15, -0.1) is 11.3 Å². The van der Waals surface area contributed by atoms with Crippen LogP contribution in [-0.4, -0.2) is 20.6 Å². The van der Waals surface area contributed by atoms with Gasteiger partial charge in [-0.2, -0.15) is 4.31 Å². The second-order valence-electron chi connectivity index (χ2n) is 3.51. The molecule has 2 heterocycles. The Morgan fingerprint density at radius 1 is 1.53 bits per heavy atom. The monoisotopic (exact) mass is 245 g/mol. The molecule has 0 aromatic carbocycles. The van der Waals surface area contributed by atoms with Crippen molar-refractivity contribution in [3.8, 4) is 0 Å². The van der Waals surface area contributed by atoms with E-state index in [4.69, 9.17) is 0 Å². The van der Waals surface area contributed by atoms with Gasteiger partial charge in [-0.1, -0.05) is 6.92 Å². The first-order valence-corrected chi connectivity index (χ1v) is 7.31. The third-order valence-electron chi connectivity index (χ3n) is 2.47. The van der Waals surface area contributed by atoms with Crippen LogP contribution >= 0.6 is 11.3 Å². The van der Waals surface area contributed by atoms with Crippen LogP contribution in [-0.2, 0) is 14.8 Å². The summed E-state index contributed by atoms with van der Waals surface area (Å²) in [4.78, 5) is 11.9. The number of carbonyl (C=O) groups is 1.